The van der Waals surface area contributed by atoms with Crippen LogP contribution in [-0.2, 0) is 6.54 Å². The van der Waals surface area contributed by atoms with Gasteiger partial charge in [-0.25, -0.2) is 15.0 Å². The lowest BCUT2D eigenvalue weighted by Gasteiger charge is -2.19. The summed E-state index contributed by atoms with van der Waals surface area (Å²) in [6.45, 7) is 9.03. The molecule has 0 bridgehead atoms. The van der Waals surface area contributed by atoms with Crippen LogP contribution in [0.5, 0.6) is 0 Å². The number of imidazole rings is 1. The van der Waals surface area contributed by atoms with Crippen LogP contribution in [-0.4, -0.2) is 42.8 Å². The van der Waals surface area contributed by atoms with E-state index in [9.17, 15) is 0 Å². The number of furan rings is 1. The maximum absolute atomic E-state index is 6.13. The number of fused-ring (bicyclic) bond motifs is 2. The van der Waals surface area contributed by atoms with Gasteiger partial charge in [0, 0.05) is 41.7 Å². The van der Waals surface area contributed by atoms with Crippen molar-refractivity contribution in [1.82, 2.24) is 35.0 Å². The third-order valence-corrected chi connectivity index (χ3v) is 6.28. The highest BCUT2D eigenvalue weighted by Crippen LogP contribution is 2.39. The zero-order valence-electron chi connectivity index (χ0n) is 18.8. The largest absolute Gasteiger partial charge is 0.464 e. The van der Waals surface area contributed by atoms with E-state index in [1.165, 1.54) is 6.33 Å². The van der Waals surface area contributed by atoms with Gasteiger partial charge in [-0.05, 0) is 29.7 Å². The Bertz CT molecular complexity index is 1400. The van der Waals surface area contributed by atoms with Crippen LogP contribution >= 0.6 is 11.8 Å². The molecule has 0 aliphatic heterocycles. The first-order valence-corrected chi connectivity index (χ1v) is 11.6. The van der Waals surface area contributed by atoms with E-state index in [0.717, 1.165) is 51.0 Å². The smallest absolute Gasteiger partial charge is 0.175 e. The molecule has 5 rings (SSSR count). The van der Waals surface area contributed by atoms with Gasteiger partial charge < -0.3 is 20.0 Å². The van der Waals surface area contributed by atoms with Crippen LogP contribution in [0.15, 0.2) is 57.5 Å². The van der Waals surface area contributed by atoms with Crippen molar-refractivity contribution in [3.8, 4) is 11.3 Å². The average molecular weight is 463 g/mol. The number of nitrogens with zero attached hydrogens (tertiary/aromatic N) is 5. The Hall–Kier alpha value is -3.37. The highest BCUT2D eigenvalue weighted by molar-refractivity contribution is 7.99. The molecule has 0 fully saturated rings. The van der Waals surface area contributed by atoms with Crippen LogP contribution in [0.25, 0.3) is 33.4 Å². The van der Waals surface area contributed by atoms with Gasteiger partial charge in [-0.1, -0.05) is 32.5 Å². The summed E-state index contributed by atoms with van der Waals surface area (Å²) >= 11 is 1.54. The van der Waals surface area contributed by atoms with Crippen molar-refractivity contribution in [3.05, 3.63) is 43.1 Å². The van der Waals surface area contributed by atoms with Crippen LogP contribution in [0.4, 0.5) is 5.82 Å². The summed E-state index contributed by atoms with van der Waals surface area (Å²) < 4.78 is 7.76. The Morgan fingerprint density at radius 3 is 2.88 bits per heavy atom. The standard InChI is InChI=1S/C23H26N8OS/c1-23(2,3)12-25-7-8-31-21-19(20(24)26-13-27-21)29-22(31)33-18-11-17-14(5-9-32-17)10-15(18)16-4-6-28-30-16/h4-6,9-11,13,25H,7-8,12H2,1-3H3,(H,28,30)(H2,24,26,27). The molecule has 0 radical (unpaired) electrons. The molecular weight excluding hydrogens is 436 g/mol. The summed E-state index contributed by atoms with van der Waals surface area (Å²) in [4.78, 5) is 14.4. The van der Waals surface area contributed by atoms with Gasteiger partial charge in [0.05, 0.1) is 12.0 Å². The van der Waals surface area contributed by atoms with E-state index < -0.39 is 0 Å². The average Bonchev–Trinajstić information content (AvgIpc) is 3.51. The zero-order valence-corrected chi connectivity index (χ0v) is 19.6. The minimum absolute atomic E-state index is 0.206. The molecular formula is C23H26N8OS. The summed E-state index contributed by atoms with van der Waals surface area (Å²) in [5.74, 6) is 0.372. The number of hydrogen-bond acceptors (Lipinski definition) is 8. The quantitative estimate of drug-likeness (QED) is 0.305. The summed E-state index contributed by atoms with van der Waals surface area (Å²) in [5, 5.41) is 12.6. The molecule has 0 amide bonds. The SMILES string of the molecule is CC(C)(C)CNCCn1c(Sc2cc3occc3cc2-c2cc[nH]n2)nc2c(N)ncnc21. The number of nitrogens with one attached hydrogen (secondary N) is 2. The number of nitrogen functional groups attached to an aromatic ring is 1. The van der Waals surface area contributed by atoms with Gasteiger partial charge in [-0.15, -0.1) is 0 Å². The van der Waals surface area contributed by atoms with Gasteiger partial charge >= 0.3 is 0 Å². The molecule has 33 heavy (non-hydrogen) atoms. The minimum Gasteiger partial charge on any atom is -0.464 e. The Morgan fingerprint density at radius 1 is 1.21 bits per heavy atom. The number of hydrogen-bond donors (Lipinski definition) is 3. The van der Waals surface area contributed by atoms with E-state index >= 15 is 0 Å². The van der Waals surface area contributed by atoms with Gasteiger partial charge in [0.2, 0.25) is 0 Å². The number of H-pyrrole nitrogens is 1. The maximum atomic E-state index is 6.13. The summed E-state index contributed by atoms with van der Waals surface area (Å²) in [5.41, 5.74) is 10.3. The Kier molecular flexibility index (Phi) is 5.55. The molecule has 1 aromatic carbocycles. The van der Waals surface area contributed by atoms with Crippen molar-refractivity contribution in [1.29, 1.82) is 0 Å². The molecule has 0 aliphatic carbocycles. The molecule has 10 heteroatoms. The second-order valence-electron chi connectivity index (χ2n) is 9.08. The lowest BCUT2D eigenvalue weighted by molar-refractivity contribution is 0.375. The fourth-order valence-corrected chi connectivity index (χ4v) is 4.71. The summed E-state index contributed by atoms with van der Waals surface area (Å²) in [6.07, 6.45) is 4.99. The van der Waals surface area contributed by atoms with Gasteiger partial charge in [-0.3, -0.25) is 5.10 Å². The molecule has 4 N–H and O–H groups in total. The number of benzene rings is 1. The first-order chi connectivity index (χ1) is 15.9. The van der Waals surface area contributed by atoms with E-state index in [2.05, 4.69) is 56.9 Å². The second kappa shape index (κ2) is 8.53. The minimum atomic E-state index is 0.206. The molecule has 9 nitrogen and oxygen atoms in total. The van der Waals surface area contributed by atoms with E-state index in [1.54, 1.807) is 18.0 Å². The predicted octanol–water partition coefficient (Wildman–Crippen LogP) is 4.33. The molecule has 0 atom stereocenters. The maximum Gasteiger partial charge on any atom is 0.175 e. The topological polar surface area (TPSA) is 123 Å². The van der Waals surface area contributed by atoms with Crippen LogP contribution < -0.4 is 11.1 Å². The zero-order chi connectivity index (χ0) is 23.0. The van der Waals surface area contributed by atoms with E-state index in [1.807, 2.05) is 24.4 Å². The first kappa shape index (κ1) is 21.5. The van der Waals surface area contributed by atoms with Crippen LogP contribution in [0.1, 0.15) is 20.8 Å². The molecule has 0 spiro atoms. The second-order valence-corrected chi connectivity index (χ2v) is 10.1. The Balaban J connectivity index is 1.54. The Labute approximate surface area is 195 Å². The molecule has 0 saturated heterocycles. The van der Waals surface area contributed by atoms with E-state index in [4.69, 9.17) is 15.1 Å². The van der Waals surface area contributed by atoms with E-state index in [-0.39, 0.29) is 5.41 Å². The van der Waals surface area contributed by atoms with Crippen molar-refractivity contribution >= 4 is 39.7 Å². The van der Waals surface area contributed by atoms with Gasteiger partial charge in [-0.2, -0.15) is 5.10 Å². The molecule has 5 aromatic rings. The fourth-order valence-electron chi connectivity index (χ4n) is 3.65. The normalized spacial score (nSPS) is 12.2. The molecule has 0 unspecified atom stereocenters. The lowest BCUT2D eigenvalue weighted by Crippen LogP contribution is -2.29. The third-order valence-electron chi connectivity index (χ3n) is 5.23. The van der Waals surface area contributed by atoms with E-state index in [0.29, 0.717) is 17.9 Å². The van der Waals surface area contributed by atoms with Crippen LogP contribution in [0.3, 0.4) is 0 Å². The number of nitrogens with two attached hydrogens (primary N) is 1. The monoisotopic (exact) mass is 462 g/mol. The first-order valence-electron chi connectivity index (χ1n) is 10.8. The van der Waals surface area contributed by atoms with Crippen molar-refractivity contribution in [2.45, 2.75) is 37.4 Å². The highest BCUT2D eigenvalue weighted by atomic mass is 32.2. The highest BCUT2D eigenvalue weighted by Gasteiger charge is 2.19. The van der Waals surface area contributed by atoms with Crippen molar-refractivity contribution in [2.75, 3.05) is 18.8 Å². The fraction of sp³-hybridized carbons (Fsp3) is 0.304. The third kappa shape index (κ3) is 4.44. The van der Waals surface area contributed by atoms with Crippen LogP contribution in [0, 0.1) is 5.41 Å². The number of aromatic amines is 1. The van der Waals surface area contributed by atoms with Gasteiger partial charge in [0.15, 0.2) is 22.1 Å². The molecule has 0 saturated carbocycles. The molecule has 4 aromatic heterocycles. The lowest BCUT2D eigenvalue weighted by atomic mass is 9.97. The van der Waals surface area contributed by atoms with Gasteiger partial charge in [0.25, 0.3) is 0 Å². The Morgan fingerprint density at radius 2 is 2.09 bits per heavy atom. The summed E-state index contributed by atoms with van der Waals surface area (Å²) in [6, 6.07) is 8.02. The molecule has 170 valence electrons. The van der Waals surface area contributed by atoms with Gasteiger partial charge in [0.1, 0.15) is 11.9 Å². The van der Waals surface area contributed by atoms with Crippen molar-refractivity contribution < 1.29 is 4.42 Å². The van der Waals surface area contributed by atoms with Crippen LogP contribution in [0.2, 0.25) is 0 Å². The molecule has 4 heterocycles. The predicted molar refractivity (Wildman–Crippen MR) is 130 cm³/mol. The van der Waals surface area contributed by atoms with Crippen molar-refractivity contribution in [3.63, 3.8) is 0 Å². The number of anilines is 1. The van der Waals surface area contributed by atoms with Crippen molar-refractivity contribution in [2.24, 2.45) is 5.41 Å². The summed E-state index contributed by atoms with van der Waals surface area (Å²) in [7, 11) is 0. The molecule has 0 aliphatic rings. The number of aromatic nitrogens is 6. The number of rotatable bonds is 7.